The molecule has 1 aromatic heterocycles. The van der Waals surface area contributed by atoms with Gasteiger partial charge < -0.3 is 19.7 Å². The minimum atomic E-state index is -0.291. The van der Waals surface area contributed by atoms with Crippen LogP contribution in [0.15, 0.2) is 35.8 Å². The molecule has 1 fully saturated rings. The Labute approximate surface area is 155 Å². The van der Waals surface area contributed by atoms with Gasteiger partial charge in [0.1, 0.15) is 12.3 Å². The quantitative estimate of drug-likeness (QED) is 0.804. The van der Waals surface area contributed by atoms with Crippen molar-refractivity contribution in [1.29, 1.82) is 0 Å². The number of hydrogen-bond acceptors (Lipinski definition) is 6. The van der Waals surface area contributed by atoms with Crippen molar-refractivity contribution in [3.05, 3.63) is 41.4 Å². The van der Waals surface area contributed by atoms with Crippen LogP contribution in [0.4, 0.5) is 5.13 Å². The summed E-state index contributed by atoms with van der Waals surface area (Å²) in [6.07, 6.45) is 3.40. The molecule has 0 radical (unpaired) electrons. The number of para-hydroxylation sites is 1. The lowest BCUT2D eigenvalue weighted by Crippen LogP contribution is -2.42. The highest BCUT2D eigenvalue weighted by Gasteiger charge is 2.27. The molecule has 0 bridgehead atoms. The van der Waals surface area contributed by atoms with Crippen LogP contribution in [-0.2, 0) is 9.53 Å². The molecule has 0 aliphatic carbocycles. The molecule has 3 rings (SSSR count). The van der Waals surface area contributed by atoms with E-state index in [1.54, 1.807) is 35.8 Å². The minimum absolute atomic E-state index is 0.0543. The number of carbonyl (C=O) groups excluding carboxylic acids is 2. The first-order valence-electron chi connectivity index (χ1n) is 8.40. The lowest BCUT2D eigenvalue weighted by Gasteiger charge is -2.25. The second-order valence-corrected chi connectivity index (χ2v) is 6.80. The highest BCUT2D eigenvalue weighted by Crippen LogP contribution is 2.21. The molecule has 1 aliphatic rings. The zero-order valence-electron chi connectivity index (χ0n) is 14.5. The number of hydrogen-bond donors (Lipinski definition) is 1. The fraction of sp³-hybridized carbons (Fsp3) is 0.389. The maximum Gasteiger partial charge on any atom is 0.258 e. The van der Waals surface area contributed by atoms with Gasteiger partial charge in [0.2, 0.25) is 5.91 Å². The molecule has 2 heterocycles. The number of thiazole rings is 1. The van der Waals surface area contributed by atoms with E-state index < -0.39 is 0 Å². The molecule has 8 heteroatoms. The third-order valence-corrected chi connectivity index (χ3v) is 4.77. The van der Waals surface area contributed by atoms with Gasteiger partial charge in [-0.05, 0) is 25.0 Å². The van der Waals surface area contributed by atoms with Crippen LogP contribution in [0.5, 0.6) is 5.75 Å². The number of nitrogens with zero attached hydrogens (tertiary/aromatic N) is 2. The molecule has 138 valence electrons. The standard InChI is InChI=1S/C18H21N3O4S/c1-24-15-7-3-2-6-14(15)17(23)21(11-13-5-4-9-25-13)12-16(22)20-18-19-8-10-26-18/h2-3,6-8,10,13H,4-5,9,11-12H2,1H3,(H,19,20,22). The molecule has 1 atom stereocenters. The predicted molar refractivity (Wildman–Crippen MR) is 98.6 cm³/mol. The monoisotopic (exact) mass is 375 g/mol. The SMILES string of the molecule is COc1ccccc1C(=O)N(CC(=O)Nc1nccs1)CC1CCCO1. The van der Waals surface area contributed by atoms with E-state index in [-0.39, 0.29) is 24.5 Å². The van der Waals surface area contributed by atoms with Crippen molar-refractivity contribution in [2.75, 3.05) is 32.1 Å². The maximum atomic E-state index is 13.0. The Morgan fingerprint density at radius 3 is 2.96 bits per heavy atom. The Kier molecular flexibility index (Phi) is 6.19. The van der Waals surface area contributed by atoms with Crippen LogP contribution in [-0.4, -0.2) is 54.6 Å². The lowest BCUT2D eigenvalue weighted by molar-refractivity contribution is -0.117. The summed E-state index contributed by atoms with van der Waals surface area (Å²) in [5.74, 6) is -0.0661. The van der Waals surface area contributed by atoms with Gasteiger partial charge >= 0.3 is 0 Å². The van der Waals surface area contributed by atoms with E-state index >= 15 is 0 Å². The molecule has 7 nitrogen and oxygen atoms in total. The van der Waals surface area contributed by atoms with Crippen molar-refractivity contribution >= 4 is 28.3 Å². The summed E-state index contributed by atoms with van der Waals surface area (Å²) in [5, 5.41) is 5.00. The summed E-state index contributed by atoms with van der Waals surface area (Å²) in [4.78, 5) is 31.0. The summed E-state index contributed by atoms with van der Waals surface area (Å²) in [6, 6.07) is 7.00. The molecule has 2 aromatic rings. The van der Waals surface area contributed by atoms with Crippen LogP contribution in [0.2, 0.25) is 0 Å². The first-order valence-corrected chi connectivity index (χ1v) is 9.28. The van der Waals surface area contributed by atoms with Gasteiger partial charge in [0, 0.05) is 24.7 Å². The molecule has 1 unspecified atom stereocenters. The van der Waals surface area contributed by atoms with Gasteiger partial charge in [0.15, 0.2) is 5.13 Å². The summed E-state index contributed by atoms with van der Waals surface area (Å²) in [7, 11) is 1.52. The fourth-order valence-corrected chi connectivity index (χ4v) is 3.41. The van der Waals surface area contributed by atoms with Crippen molar-refractivity contribution < 1.29 is 19.1 Å². The summed E-state index contributed by atoms with van der Waals surface area (Å²) in [5.41, 5.74) is 0.426. The summed E-state index contributed by atoms with van der Waals surface area (Å²) in [6.45, 7) is 0.977. The third-order valence-electron chi connectivity index (χ3n) is 4.09. The molecule has 2 amide bonds. The third kappa shape index (κ3) is 4.59. The van der Waals surface area contributed by atoms with Crippen LogP contribution >= 0.6 is 11.3 Å². The van der Waals surface area contributed by atoms with E-state index in [1.807, 2.05) is 0 Å². The molecule has 1 aromatic carbocycles. The Morgan fingerprint density at radius 1 is 1.42 bits per heavy atom. The van der Waals surface area contributed by atoms with E-state index in [1.165, 1.54) is 23.3 Å². The number of benzene rings is 1. The first kappa shape index (κ1) is 18.3. The van der Waals surface area contributed by atoms with Gasteiger partial charge in [-0.15, -0.1) is 11.3 Å². The van der Waals surface area contributed by atoms with Gasteiger partial charge in [-0.3, -0.25) is 9.59 Å². The second-order valence-electron chi connectivity index (χ2n) is 5.91. The summed E-state index contributed by atoms with van der Waals surface area (Å²) >= 11 is 1.33. The van der Waals surface area contributed by atoms with E-state index in [9.17, 15) is 9.59 Å². The zero-order chi connectivity index (χ0) is 18.4. The van der Waals surface area contributed by atoms with Crippen LogP contribution in [0, 0.1) is 0 Å². The van der Waals surface area contributed by atoms with Crippen molar-refractivity contribution in [2.24, 2.45) is 0 Å². The van der Waals surface area contributed by atoms with E-state index in [0.29, 0.717) is 29.6 Å². The normalized spacial score (nSPS) is 16.3. The number of nitrogens with one attached hydrogen (secondary N) is 1. The second kappa shape index (κ2) is 8.77. The number of methoxy groups -OCH3 is 1. The van der Waals surface area contributed by atoms with Crippen LogP contribution < -0.4 is 10.1 Å². The molecule has 1 N–H and O–H groups in total. The van der Waals surface area contributed by atoms with Gasteiger partial charge in [-0.1, -0.05) is 12.1 Å². The highest BCUT2D eigenvalue weighted by molar-refractivity contribution is 7.13. The van der Waals surface area contributed by atoms with Crippen molar-refractivity contribution in [3.8, 4) is 5.75 Å². The number of carbonyl (C=O) groups is 2. The summed E-state index contributed by atoms with van der Waals surface area (Å²) < 4.78 is 10.9. The molecule has 1 saturated heterocycles. The zero-order valence-corrected chi connectivity index (χ0v) is 15.3. The number of anilines is 1. The van der Waals surface area contributed by atoms with E-state index in [4.69, 9.17) is 9.47 Å². The van der Waals surface area contributed by atoms with Crippen molar-refractivity contribution in [1.82, 2.24) is 9.88 Å². The Hall–Kier alpha value is -2.45. The average Bonchev–Trinajstić information content (AvgIpc) is 3.34. The number of amides is 2. The molecule has 1 aliphatic heterocycles. The topological polar surface area (TPSA) is 80.8 Å². The van der Waals surface area contributed by atoms with Gasteiger partial charge in [-0.25, -0.2) is 4.98 Å². The van der Waals surface area contributed by atoms with Crippen molar-refractivity contribution in [2.45, 2.75) is 18.9 Å². The smallest absolute Gasteiger partial charge is 0.258 e. The Bertz CT molecular complexity index is 745. The average molecular weight is 375 g/mol. The maximum absolute atomic E-state index is 13.0. The van der Waals surface area contributed by atoms with Gasteiger partial charge in [-0.2, -0.15) is 0 Å². The first-order chi connectivity index (χ1) is 12.7. The number of rotatable bonds is 7. The van der Waals surface area contributed by atoms with Gasteiger partial charge in [0.05, 0.1) is 18.8 Å². The molecular weight excluding hydrogens is 354 g/mol. The molecule has 0 spiro atoms. The highest BCUT2D eigenvalue weighted by atomic mass is 32.1. The lowest BCUT2D eigenvalue weighted by atomic mass is 10.1. The molecule has 26 heavy (non-hydrogen) atoms. The van der Waals surface area contributed by atoms with Crippen LogP contribution in [0.1, 0.15) is 23.2 Å². The molecular formula is C18H21N3O4S. The number of ether oxygens (including phenoxy) is 2. The Balaban J connectivity index is 1.75. The van der Waals surface area contributed by atoms with E-state index in [2.05, 4.69) is 10.3 Å². The largest absolute Gasteiger partial charge is 0.496 e. The van der Waals surface area contributed by atoms with E-state index in [0.717, 1.165) is 12.8 Å². The van der Waals surface area contributed by atoms with Gasteiger partial charge in [0.25, 0.3) is 5.91 Å². The molecule has 0 saturated carbocycles. The van der Waals surface area contributed by atoms with Crippen molar-refractivity contribution in [3.63, 3.8) is 0 Å². The number of aromatic nitrogens is 1. The minimum Gasteiger partial charge on any atom is -0.496 e. The predicted octanol–water partition coefficient (Wildman–Crippen LogP) is 2.41. The Morgan fingerprint density at radius 2 is 2.27 bits per heavy atom. The van der Waals surface area contributed by atoms with Crippen LogP contribution in [0.3, 0.4) is 0 Å². The fourth-order valence-electron chi connectivity index (χ4n) is 2.86. The van der Waals surface area contributed by atoms with Crippen LogP contribution in [0.25, 0.3) is 0 Å².